The number of hydrogen-bond donors (Lipinski definition) is 0. The molecule has 0 aliphatic carbocycles. The van der Waals surface area contributed by atoms with Crippen molar-refractivity contribution in [2.45, 2.75) is 32.5 Å². The molecule has 0 spiro atoms. The number of benzene rings is 1. The van der Waals surface area contributed by atoms with E-state index in [1.807, 2.05) is 19.1 Å². The van der Waals surface area contributed by atoms with Gasteiger partial charge in [-0.2, -0.15) is 0 Å². The van der Waals surface area contributed by atoms with Crippen LogP contribution in [0.4, 0.5) is 0 Å². The smallest absolute Gasteiger partial charge is 0.200 e. The van der Waals surface area contributed by atoms with Gasteiger partial charge in [0.25, 0.3) is 0 Å². The zero-order chi connectivity index (χ0) is 9.97. The second kappa shape index (κ2) is 4.01. The fraction of sp³-hybridized carbons (Fsp3) is 0.500. The van der Waals surface area contributed by atoms with Gasteiger partial charge in [-0.15, -0.1) is 0 Å². The van der Waals surface area contributed by atoms with Crippen molar-refractivity contribution in [1.82, 2.24) is 0 Å². The van der Waals surface area contributed by atoms with E-state index in [1.165, 1.54) is 5.56 Å². The highest BCUT2D eigenvalue weighted by Gasteiger charge is 2.24. The molecule has 2 atom stereocenters. The Morgan fingerprint density at radius 2 is 2.21 bits per heavy atom. The zero-order valence-corrected chi connectivity index (χ0v) is 8.69. The molecule has 1 aliphatic rings. The molecule has 14 heavy (non-hydrogen) atoms. The Morgan fingerprint density at radius 1 is 1.43 bits per heavy atom. The van der Waals surface area contributed by atoms with Crippen molar-refractivity contribution in [2.75, 3.05) is 6.61 Å². The van der Waals surface area contributed by atoms with Gasteiger partial charge in [-0.25, -0.2) is 0 Å². The third-order valence-corrected chi connectivity index (χ3v) is 2.61. The van der Waals surface area contributed by atoms with Crippen molar-refractivity contribution < 1.29 is 9.47 Å². The molecule has 1 aliphatic heterocycles. The normalized spacial score (nSPS) is 25.3. The summed E-state index contributed by atoms with van der Waals surface area (Å²) in [5.74, 6) is 1.50. The summed E-state index contributed by atoms with van der Waals surface area (Å²) >= 11 is 0. The Bertz CT molecular complexity index is 309. The van der Waals surface area contributed by atoms with Gasteiger partial charge in [-0.05, 0) is 24.5 Å². The minimum atomic E-state index is -0.0649. The summed E-state index contributed by atoms with van der Waals surface area (Å²) in [6.45, 7) is 4.92. The minimum absolute atomic E-state index is 0.0649. The molecule has 0 bridgehead atoms. The maximum absolute atomic E-state index is 5.72. The average Bonchev–Trinajstić information content (AvgIpc) is 2.18. The van der Waals surface area contributed by atoms with Gasteiger partial charge in [0.05, 0.1) is 0 Å². The van der Waals surface area contributed by atoms with Crippen LogP contribution < -0.4 is 4.74 Å². The molecule has 1 aromatic rings. The number of ether oxygens (including phenoxy) is 2. The molecular weight excluding hydrogens is 176 g/mol. The number of para-hydroxylation sites is 1. The van der Waals surface area contributed by atoms with Gasteiger partial charge in [-0.1, -0.05) is 25.1 Å². The summed E-state index contributed by atoms with van der Waals surface area (Å²) < 4.78 is 11.2. The van der Waals surface area contributed by atoms with E-state index in [2.05, 4.69) is 19.1 Å². The summed E-state index contributed by atoms with van der Waals surface area (Å²) in [4.78, 5) is 0. The van der Waals surface area contributed by atoms with Gasteiger partial charge in [0.1, 0.15) is 5.75 Å². The van der Waals surface area contributed by atoms with Crippen LogP contribution in [-0.4, -0.2) is 12.9 Å². The largest absolute Gasteiger partial charge is 0.465 e. The fourth-order valence-electron chi connectivity index (χ4n) is 1.89. The van der Waals surface area contributed by atoms with E-state index >= 15 is 0 Å². The predicted molar refractivity (Wildman–Crippen MR) is 55.5 cm³/mol. The van der Waals surface area contributed by atoms with E-state index < -0.39 is 0 Å². The van der Waals surface area contributed by atoms with Crippen LogP contribution >= 0.6 is 0 Å². The topological polar surface area (TPSA) is 18.5 Å². The Balaban J connectivity index is 2.20. The van der Waals surface area contributed by atoms with Crippen LogP contribution in [0.25, 0.3) is 0 Å². The molecule has 0 amide bonds. The molecule has 0 radical (unpaired) electrons. The van der Waals surface area contributed by atoms with Crippen molar-refractivity contribution >= 4 is 0 Å². The van der Waals surface area contributed by atoms with Crippen molar-refractivity contribution in [3.8, 4) is 5.75 Å². The monoisotopic (exact) mass is 192 g/mol. The van der Waals surface area contributed by atoms with E-state index in [0.29, 0.717) is 12.5 Å². The molecule has 0 saturated carbocycles. The summed E-state index contributed by atoms with van der Waals surface area (Å²) in [6.07, 6.45) is 0.884. The Morgan fingerprint density at radius 3 is 3.00 bits per heavy atom. The average molecular weight is 192 g/mol. The van der Waals surface area contributed by atoms with Gasteiger partial charge >= 0.3 is 0 Å². The van der Waals surface area contributed by atoms with Crippen LogP contribution in [-0.2, 0) is 4.74 Å². The van der Waals surface area contributed by atoms with Crippen LogP contribution in [0.15, 0.2) is 24.3 Å². The standard InChI is InChI=1S/C12H16O2/c1-3-13-12-8-9(2)10-6-4-5-7-11(10)14-12/h4-7,9,12H,3,8H2,1-2H3/t9-,12-/m1/s1. The van der Waals surface area contributed by atoms with Gasteiger partial charge < -0.3 is 9.47 Å². The van der Waals surface area contributed by atoms with Crippen LogP contribution in [0.2, 0.25) is 0 Å². The van der Waals surface area contributed by atoms with E-state index in [1.54, 1.807) is 0 Å². The number of rotatable bonds is 2. The second-order valence-electron chi connectivity index (χ2n) is 3.68. The Labute approximate surface area is 84.8 Å². The minimum Gasteiger partial charge on any atom is -0.465 e. The molecule has 0 fully saturated rings. The lowest BCUT2D eigenvalue weighted by Crippen LogP contribution is -2.27. The number of fused-ring (bicyclic) bond motifs is 1. The molecule has 76 valence electrons. The maximum atomic E-state index is 5.72. The highest BCUT2D eigenvalue weighted by atomic mass is 16.7. The van der Waals surface area contributed by atoms with Crippen LogP contribution in [0.5, 0.6) is 5.75 Å². The highest BCUT2D eigenvalue weighted by Crippen LogP contribution is 2.35. The molecule has 2 rings (SSSR count). The van der Waals surface area contributed by atoms with Crippen molar-refractivity contribution in [3.05, 3.63) is 29.8 Å². The van der Waals surface area contributed by atoms with Crippen molar-refractivity contribution in [1.29, 1.82) is 0 Å². The highest BCUT2D eigenvalue weighted by molar-refractivity contribution is 5.37. The first-order valence-electron chi connectivity index (χ1n) is 5.18. The maximum Gasteiger partial charge on any atom is 0.200 e. The third kappa shape index (κ3) is 1.75. The molecule has 0 aromatic heterocycles. The number of hydrogen-bond acceptors (Lipinski definition) is 2. The molecule has 1 aromatic carbocycles. The lowest BCUT2D eigenvalue weighted by molar-refractivity contribution is -0.0905. The molecule has 0 N–H and O–H groups in total. The first kappa shape index (κ1) is 9.53. The van der Waals surface area contributed by atoms with Crippen molar-refractivity contribution in [3.63, 3.8) is 0 Å². The first-order valence-corrected chi connectivity index (χ1v) is 5.18. The molecule has 0 unspecified atom stereocenters. The SMILES string of the molecule is CCO[C@H]1C[C@@H](C)c2ccccc2O1. The fourth-order valence-corrected chi connectivity index (χ4v) is 1.89. The lowest BCUT2D eigenvalue weighted by Gasteiger charge is -2.29. The van der Waals surface area contributed by atoms with E-state index in [9.17, 15) is 0 Å². The molecule has 2 heteroatoms. The van der Waals surface area contributed by atoms with Gasteiger partial charge in [-0.3, -0.25) is 0 Å². The van der Waals surface area contributed by atoms with Gasteiger partial charge in [0, 0.05) is 13.0 Å². The summed E-state index contributed by atoms with van der Waals surface area (Å²) in [7, 11) is 0. The summed E-state index contributed by atoms with van der Waals surface area (Å²) in [5.41, 5.74) is 1.29. The second-order valence-corrected chi connectivity index (χ2v) is 3.68. The van der Waals surface area contributed by atoms with Crippen molar-refractivity contribution in [2.24, 2.45) is 0 Å². The van der Waals surface area contributed by atoms with E-state index in [4.69, 9.17) is 9.47 Å². The quantitative estimate of drug-likeness (QED) is 0.717. The van der Waals surface area contributed by atoms with E-state index in [-0.39, 0.29) is 6.29 Å². The summed E-state index contributed by atoms with van der Waals surface area (Å²) in [6, 6.07) is 8.19. The Hall–Kier alpha value is -1.02. The zero-order valence-electron chi connectivity index (χ0n) is 8.69. The first-order chi connectivity index (χ1) is 6.81. The molecule has 1 heterocycles. The van der Waals surface area contributed by atoms with Gasteiger partial charge in [0.2, 0.25) is 0 Å². The molecule has 0 saturated heterocycles. The van der Waals surface area contributed by atoms with E-state index in [0.717, 1.165) is 12.2 Å². The van der Waals surface area contributed by atoms with Crippen LogP contribution in [0.1, 0.15) is 31.7 Å². The molecule has 2 nitrogen and oxygen atoms in total. The predicted octanol–water partition coefficient (Wildman–Crippen LogP) is 2.94. The lowest BCUT2D eigenvalue weighted by atomic mass is 9.94. The summed E-state index contributed by atoms with van der Waals surface area (Å²) in [5, 5.41) is 0. The third-order valence-electron chi connectivity index (χ3n) is 2.61. The van der Waals surface area contributed by atoms with Gasteiger partial charge in [0.15, 0.2) is 6.29 Å². The van der Waals surface area contributed by atoms with Crippen LogP contribution in [0, 0.1) is 0 Å². The Kier molecular flexibility index (Phi) is 2.73. The van der Waals surface area contributed by atoms with Crippen LogP contribution in [0.3, 0.4) is 0 Å². The molecular formula is C12H16O2.